The van der Waals surface area contributed by atoms with Gasteiger partial charge in [-0.1, -0.05) is 18.5 Å². The Morgan fingerprint density at radius 1 is 1.18 bits per heavy atom. The molecule has 1 saturated carbocycles. The zero-order chi connectivity index (χ0) is 34.2. The molecule has 3 aliphatic heterocycles. The van der Waals surface area contributed by atoms with Crippen LogP contribution in [0.2, 0.25) is 5.02 Å². The number of hydrogen-bond acceptors (Lipinski definition) is 9. The molecule has 4 aliphatic rings. The second-order valence-electron chi connectivity index (χ2n) is 14.3. The fourth-order valence-electron chi connectivity index (χ4n) is 8.04. The van der Waals surface area contributed by atoms with Gasteiger partial charge < -0.3 is 19.6 Å². The predicted molar refractivity (Wildman–Crippen MR) is 180 cm³/mol. The average Bonchev–Trinajstić information content (AvgIpc) is 3.35. The maximum absolute atomic E-state index is 16.9. The van der Waals surface area contributed by atoms with Crippen LogP contribution >= 0.6 is 11.6 Å². The number of rotatable bonds is 7. The quantitative estimate of drug-likeness (QED) is 0.265. The van der Waals surface area contributed by atoms with Crippen LogP contribution in [0.15, 0.2) is 24.4 Å². The summed E-state index contributed by atoms with van der Waals surface area (Å²) in [5.74, 6) is -0.00587. The average molecular weight is 693 g/mol. The van der Waals surface area contributed by atoms with Crippen molar-refractivity contribution in [3.8, 4) is 23.0 Å². The number of aryl methyl sites for hydroxylation is 1. The molecule has 4 aromatic rings. The van der Waals surface area contributed by atoms with Crippen molar-refractivity contribution in [1.82, 2.24) is 34.5 Å². The van der Waals surface area contributed by atoms with Crippen molar-refractivity contribution in [3.05, 3.63) is 52.2 Å². The minimum absolute atomic E-state index is 0.00621. The van der Waals surface area contributed by atoms with Crippen molar-refractivity contribution >= 4 is 34.2 Å². The summed E-state index contributed by atoms with van der Waals surface area (Å²) in [4.78, 5) is 32.4. The highest BCUT2D eigenvalue weighted by molar-refractivity contribution is 6.32. The molecule has 0 bridgehead atoms. The van der Waals surface area contributed by atoms with E-state index in [1.165, 1.54) is 17.0 Å². The molecule has 1 N–H and O–H groups in total. The zero-order valence-corrected chi connectivity index (χ0v) is 28.6. The Kier molecular flexibility index (Phi) is 7.90. The SMILES string of the molecule is C[C@@H]1C[C@@H]1c1c(Cl)cc(O)cc1-c1ncc2c(N3CCCn4nc(C(=O)N(C)C)cc4C3)nc(OC[C@@]34CCCN3C[C@H](F)C4)nc2c1F. The van der Waals surface area contributed by atoms with Crippen LogP contribution in [0.4, 0.5) is 14.6 Å². The van der Waals surface area contributed by atoms with Gasteiger partial charge in [-0.15, -0.1) is 0 Å². The number of benzene rings is 1. The number of phenols is 1. The van der Waals surface area contributed by atoms with Crippen LogP contribution in [-0.2, 0) is 13.1 Å². The molecule has 4 atom stereocenters. The molecule has 0 unspecified atom stereocenters. The standard InChI is InChI=1S/C35H39ClF2N8O3/c1-19-10-23(19)28-24(12-22(47)13-26(28)36)30-29(38)31-25(15-39-30)32(41-34(40-31)49-18-35-6-4-8-45(35)16-20(37)14-35)44-7-5-9-46-21(17-44)11-27(42-46)33(48)43(2)3/h11-13,15,19-20,23,47H,4-10,14,16-18H2,1-3H3/t19-,20-,23+,35+/m1/s1. The number of carbonyl (C=O) groups is 1. The Labute approximate surface area is 287 Å². The molecule has 0 spiro atoms. The first-order chi connectivity index (χ1) is 23.5. The van der Waals surface area contributed by atoms with Gasteiger partial charge in [0.25, 0.3) is 5.91 Å². The van der Waals surface area contributed by atoms with Crippen LogP contribution in [0, 0.1) is 11.7 Å². The van der Waals surface area contributed by atoms with Crippen molar-refractivity contribution in [2.24, 2.45) is 5.92 Å². The van der Waals surface area contributed by atoms with E-state index in [1.807, 2.05) is 9.58 Å². The van der Waals surface area contributed by atoms with Crippen LogP contribution < -0.4 is 9.64 Å². The predicted octanol–water partition coefficient (Wildman–Crippen LogP) is 5.58. The van der Waals surface area contributed by atoms with Gasteiger partial charge in [0, 0.05) is 56.9 Å². The van der Waals surface area contributed by atoms with Gasteiger partial charge in [-0.2, -0.15) is 15.1 Å². The Morgan fingerprint density at radius 3 is 2.78 bits per heavy atom. The largest absolute Gasteiger partial charge is 0.508 e. The van der Waals surface area contributed by atoms with E-state index in [1.54, 1.807) is 26.4 Å². The van der Waals surface area contributed by atoms with Crippen molar-refractivity contribution in [3.63, 3.8) is 0 Å². The number of aromatic nitrogens is 5. The molecule has 11 nitrogen and oxygen atoms in total. The fourth-order valence-corrected chi connectivity index (χ4v) is 8.39. The number of carbonyl (C=O) groups excluding carboxylic acids is 1. The molecular formula is C35H39ClF2N8O3. The van der Waals surface area contributed by atoms with Crippen LogP contribution in [0.3, 0.4) is 0 Å². The third-order valence-electron chi connectivity index (χ3n) is 10.7. The number of fused-ring (bicyclic) bond motifs is 3. The number of hydrogen-bond donors (Lipinski definition) is 1. The van der Waals surface area contributed by atoms with Crippen LogP contribution in [-0.4, -0.2) is 97.6 Å². The summed E-state index contributed by atoms with van der Waals surface area (Å²) >= 11 is 6.64. The van der Waals surface area contributed by atoms with Crippen molar-refractivity contribution < 1.29 is 23.4 Å². The molecule has 1 aromatic carbocycles. The number of ether oxygens (including phenoxy) is 1. The summed E-state index contributed by atoms with van der Waals surface area (Å²) in [5, 5.41) is 15.8. The summed E-state index contributed by atoms with van der Waals surface area (Å²) in [6.45, 7) is 5.01. The van der Waals surface area contributed by atoms with Gasteiger partial charge in [-0.3, -0.25) is 19.4 Å². The topological polar surface area (TPSA) is 113 Å². The van der Waals surface area contributed by atoms with E-state index in [9.17, 15) is 14.3 Å². The lowest BCUT2D eigenvalue weighted by Gasteiger charge is -2.31. The Hall–Kier alpha value is -4.10. The van der Waals surface area contributed by atoms with Gasteiger partial charge in [0.15, 0.2) is 11.5 Å². The Balaban J connectivity index is 1.23. The summed E-state index contributed by atoms with van der Waals surface area (Å²) in [5.41, 5.74) is 1.97. The second-order valence-corrected chi connectivity index (χ2v) is 14.7. The highest BCUT2D eigenvalue weighted by Gasteiger charge is 2.49. The maximum atomic E-state index is 16.9. The molecular weight excluding hydrogens is 654 g/mol. The van der Waals surface area contributed by atoms with Gasteiger partial charge in [0.05, 0.1) is 23.2 Å². The highest BCUT2D eigenvalue weighted by atomic mass is 35.5. The van der Waals surface area contributed by atoms with Gasteiger partial charge in [-0.05, 0) is 67.8 Å². The van der Waals surface area contributed by atoms with Crippen LogP contribution in [0.1, 0.15) is 66.7 Å². The molecule has 3 aromatic heterocycles. The van der Waals surface area contributed by atoms with Crippen LogP contribution in [0.25, 0.3) is 22.2 Å². The number of nitrogens with zero attached hydrogens (tertiary/aromatic N) is 8. The van der Waals surface area contributed by atoms with E-state index in [4.69, 9.17) is 21.3 Å². The zero-order valence-electron chi connectivity index (χ0n) is 27.8. The summed E-state index contributed by atoms with van der Waals surface area (Å²) < 4.78 is 39.6. The minimum atomic E-state index is -0.924. The van der Waals surface area contributed by atoms with Gasteiger partial charge in [0.1, 0.15) is 35.6 Å². The molecule has 14 heteroatoms. The lowest BCUT2D eigenvalue weighted by atomic mass is 9.95. The number of anilines is 1. The monoisotopic (exact) mass is 692 g/mol. The first-order valence-corrected chi connectivity index (χ1v) is 17.3. The number of aromatic hydroxyl groups is 1. The first-order valence-electron chi connectivity index (χ1n) is 17.0. The van der Waals surface area contributed by atoms with E-state index in [0.29, 0.717) is 72.4 Å². The molecule has 8 rings (SSSR count). The summed E-state index contributed by atoms with van der Waals surface area (Å²) in [7, 11) is 3.37. The van der Waals surface area contributed by atoms with Gasteiger partial charge in [0.2, 0.25) is 0 Å². The number of amides is 1. The van der Waals surface area contributed by atoms with Crippen molar-refractivity contribution in [2.45, 2.75) is 69.7 Å². The number of alkyl halides is 1. The third kappa shape index (κ3) is 5.64. The summed E-state index contributed by atoms with van der Waals surface area (Å²) in [6, 6.07) is 4.77. The number of halogens is 3. The van der Waals surface area contributed by atoms with Gasteiger partial charge in [-0.25, -0.2) is 8.78 Å². The molecule has 0 radical (unpaired) electrons. The normalized spacial score (nSPS) is 24.9. The highest BCUT2D eigenvalue weighted by Crippen LogP contribution is 2.53. The molecule has 258 valence electrons. The second kappa shape index (κ2) is 12.0. The van der Waals surface area contributed by atoms with Crippen molar-refractivity contribution in [2.75, 3.05) is 45.2 Å². The van der Waals surface area contributed by atoms with E-state index in [2.05, 4.69) is 26.9 Å². The number of pyridine rings is 1. The smallest absolute Gasteiger partial charge is 0.319 e. The number of phenolic OH excluding ortho intramolecular Hbond substituents is 1. The minimum Gasteiger partial charge on any atom is -0.508 e. The van der Waals surface area contributed by atoms with E-state index in [0.717, 1.165) is 37.1 Å². The lowest BCUT2D eigenvalue weighted by Crippen LogP contribution is -2.43. The van der Waals surface area contributed by atoms with E-state index >= 15 is 4.39 Å². The third-order valence-corrected chi connectivity index (χ3v) is 11.0. The molecule has 3 fully saturated rings. The maximum Gasteiger partial charge on any atom is 0.319 e. The van der Waals surface area contributed by atoms with E-state index < -0.39 is 17.5 Å². The Morgan fingerprint density at radius 2 is 2.00 bits per heavy atom. The molecule has 2 saturated heterocycles. The van der Waals surface area contributed by atoms with E-state index in [-0.39, 0.29) is 41.4 Å². The van der Waals surface area contributed by atoms with Gasteiger partial charge >= 0.3 is 6.01 Å². The first kappa shape index (κ1) is 32.1. The summed E-state index contributed by atoms with van der Waals surface area (Å²) in [6.07, 6.45) is 4.38. The van der Waals surface area contributed by atoms with Crippen LogP contribution in [0.5, 0.6) is 11.8 Å². The molecule has 6 heterocycles. The molecule has 49 heavy (non-hydrogen) atoms. The lowest BCUT2D eigenvalue weighted by molar-refractivity contribution is 0.0821. The fraction of sp³-hybridized carbons (Fsp3) is 0.514. The molecule has 1 aliphatic carbocycles. The van der Waals surface area contributed by atoms with Crippen molar-refractivity contribution in [1.29, 1.82) is 0 Å². The molecule has 1 amide bonds. The Bertz CT molecular complexity index is 1970.